The van der Waals surface area contributed by atoms with Gasteiger partial charge in [-0.25, -0.2) is 14.3 Å². The first-order valence-corrected chi connectivity index (χ1v) is 11.1. The molecule has 2 saturated heterocycles. The average Bonchev–Trinajstić information content (AvgIpc) is 3.26. The Balaban J connectivity index is 1.51. The third-order valence-electron chi connectivity index (χ3n) is 4.88. The zero-order chi connectivity index (χ0) is 22.3. The van der Waals surface area contributed by atoms with Crippen molar-refractivity contribution in [2.75, 3.05) is 26.1 Å². The number of carbonyl (C=O) groups excluding carboxylic acids is 1. The minimum absolute atomic E-state index is 0.0277. The maximum absolute atomic E-state index is 12.8. The van der Waals surface area contributed by atoms with E-state index in [0.29, 0.717) is 11.2 Å². The number of methoxy groups -OCH3 is 1. The van der Waals surface area contributed by atoms with Crippen LogP contribution in [0, 0.1) is 5.92 Å². The van der Waals surface area contributed by atoms with Gasteiger partial charge < -0.3 is 19.9 Å². The number of hydrogen-bond acceptors (Lipinski definition) is 12. The van der Waals surface area contributed by atoms with Gasteiger partial charge in [0.1, 0.15) is 18.4 Å². The van der Waals surface area contributed by atoms with Crippen molar-refractivity contribution in [3.05, 3.63) is 6.33 Å². The number of ether oxygens (including phenoxy) is 3. The maximum atomic E-state index is 12.8. The number of nitrogen functional groups attached to an aromatic ring is 1. The molecule has 2 fully saturated rings. The molecule has 170 valence electrons. The van der Waals surface area contributed by atoms with E-state index >= 15 is 0 Å². The van der Waals surface area contributed by atoms with E-state index in [2.05, 4.69) is 15.0 Å². The molecule has 0 spiro atoms. The highest BCUT2D eigenvalue weighted by Gasteiger charge is 2.52. The number of phosphoric ester groups is 1. The fourth-order valence-corrected chi connectivity index (χ4v) is 4.99. The maximum Gasteiger partial charge on any atom is 0.475 e. The lowest BCUT2D eigenvalue weighted by molar-refractivity contribution is -0.151. The number of nitrogens with zero attached hydrogens (tertiary/aromatic N) is 4. The van der Waals surface area contributed by atoms with E-state index in [1.54, 1.807) is 24.7 Å². The lowest BCUT2D eigenvalue weighted by atomic mass is 10.0. The van der Waals surface area contributed by atoms with E-state index in [4.69, 9.17) is 33.5 Å². The smallest absolute Gasteiger partial charge is 0.475 e. The zero-order valence-electron chi connectivity index (χ0n) is 17.5. The molecule has 0 saturated carbocycles. The van der Waals surface area contributed by atoms with E-state index in [1.807, 2.05) is 6.92 Å². The summed E-state index contributed by atoms with van der Waals surface area (Å²) in [6.07, 6.45) is -0.449. The molecule has 2 aliphatic rings. The van der Waals surface area contributed by atoms with Gasteiger partial charge in [-0.1, -0.05) is 6.92 Å². The van der Waals surface area contributed by atoms with E-state index in [9.17, 15) is 9.36 Å². The molecule has 5 atom stereocenters. The van der Waals surface area contributed by atoms with Crippen LogP contribution in [0.4, 0.5) is 5.95 Å². The first-order valence-electron chi connectivity index (χ1n) is 9.67. The minimum Gasteiger partial charge on any atom is -0.479 e. The Hall–Kier alpha value is -2.31. The molecule has 2 N–H and O–H groups in total. The summed E-state index contributed by atoms with van der Waals surface area (Å²) < 4.78 is 46.9. The number of phosphoric acid groups is 1. The van der Waals surface area contributed by atoms with Crippen molar-refractivity contribution in [3.63, 3.8) is 0 Å². The molecule has 2 aliphatic heterocycles. The summed E-state index contributed by atoms with van der Waals surface area (Å²) in [5, 5.41) is 0. The Labute approximate surface area is 177 Å². The van der Waals surface area contributed by atoms with Crippen molar-refractivity contribution >= 4 is 30.9 Å². The molecule has 31 heavy (non-hydrogen) atoms. The number of nitrogens with two attached hydrogens (primary N) is 1. The van der Waals surface area contributed by atoms with Crippen LogP contribution in [0.15, 0.2) is 6.33 Å². The Bertz CT molecular complexity index is 1030. The lowest BCUT2D eigenvalue weighted by Crippen LogP contribution is -2.36. The second kappa shape index (κ2) is 8.32. The molecular weight excluding hydrogens is 433 g/mol. The summed E-state index contributed by atoms with van der Waals surface area (Å²) in [6, 6.07) is 0. The molecule has 4 heterocycles. The SMILES string of the molecule is COc1nc(N)nc2c1ncn2[C@@H]1O[C@@H]2CO[P@@](=O)(OCC(=O)OC(C)C)O[C@H]2[C@@H]1C. The average molecular weight is 457 g/mol. The number of imidazole rings is 1. The van der Waals surface area contributed by atoms with Gasteiger partial charge in [-0.3, -0.25) is 18.1 Å². The number of aromatic nitrogens is 4. The first-order chi connectivity index (χ1) is 14.7. The van der Waals surface area contributed by atoms with E-state index in [-0.39, 0.29) is 30.5 Å². The summed E-state index contributed by atoms with van der Waals surface area (Å²) in [6.45, 7) is 4.68. The van der Waals surface area contributed by atoms with Gasteiger partial charge in [0.25, 0.3) is 0 Å². The second-order valence-corrected chi connectivity index (χ2v) is 9.09. The predicted octanol–water partition coefficient (Wildman–Crippen LogP) is 1.44. The van der Waals surface area contributed by atoms with E-state index in [0.717, 1.165) is 0 Å². The van der Waals surface area contributed by atoms with Crippen LogP contribution in [0.1, 0.15) is 27.0 Å². The Morgan fingerprint density at radius 2 is 2.19 bits per heavy atom. The largest absolute Gasteiger partial charge is 0.479 e. The molecule has 0 aromatic carbocycles. The topological polar surface area (TPSA) is 159 Å². The monoisotopic (exact) mass is 457 g/mol. The standard InChI is InChI=1S/C17H24N5O8P/c1-8(2)28-11(23)6-27-31(24)26-5-10-13(30-31)9(3)16(29-10)22-7-19-12-14(22)20-17(18)21-15(12)25-4/h7-10,13,16H,5-6H2,1-4H3,(H2,18,20,21)/t9-,10+,13-,16+,31-/m0/s1. The zero-order valence-corrected chi connectivity index (χ0v) is 18.4. The van der Waals surface area contributed by atoms with Gasteiger partial charge in [0, 0.05) is 5.92 Å². The fraction of sp³-hybridized carbons (Fsp3) is 0.647. The highest BCUT2D eigenvalue weighted by molar-refractivity contribution is 7.48. The van der Waals surface area contributed by atoms with Crippen LogP contribution in [0.25, 0.3) is 11.2 Å². The first kappa shape index (κ1) is 21.9. The number of carbonyl (C=O) groups is 1. The summed E-state index contributed by atoms with van der Waals surface area (Å²) in [4.78, 5) is 24.3. The number of anilines is 1. The van der Waals surface area contributed by atoms with Crippen molar-refractivity contribution < 1.29 is 37.1 Å². The van der Waals surface area contributed by atoms with Gasteiger partial charge in [-0.05, 0) is 13.8 Å². The Morgan fingerprint density at radius 3 is 2.90 bits per heavy atom. The van der Waals surface area contributed by atoms with Crippen LogP contribution < -0.4 is 10.5 Å². The summed E-state index contributed by atoms with van der Waals surface area (Å²) >= 11 is 0. The Kier molecular flexibility index (Phi) is 5.88. The number of fused-ring (bicyclic) bond motifs is 2. The van der Waals surface area contributed by atoms with Gasteiger partial charge >= 0.3 is 13.8 Å². The van der Waals surface area contributed by atoms with Gasteiger partial charge in [-0.15, -0.1) is 0 Å². The molecule has 4 rings (SSSR count). The summed E-state index contributed by atoms with van der Waals surface area (Å²) in [5.41, 5.74) is 6.64. The lowest BCUT2D eigenvalue weighted by Gasteiger charge is -2.31. The molecule has 13 nitrogen and oxygen atoms in total. The van der Waals surface area contributed by atoms with Crippen molar-refractivity contribution in [1.82, 2.24) is 19.5 Å². The number of rotatable bonds is 6. The fourth-order valence-electron chi connectivity index (χ4n) is 3.57. The molecule has 2 aromatic rings. The quantitative estimate of drug-likeness (QED) is 0.492. The molecule has 2 aromatic heterocycles. The van der Waals surface area contributed by atoms with Crippen LogP contribution in [0.5, 0.6) is 5.88 Å². The third-order valence-corrected chi connectivity index (χ3v) is 6.29. The van der Waals surface area contributed by atoms with Crippen LogP contribution in [0.2, 0.25) is 0 Å². The van der Waals surface area contributed by atoms with Gasteiger partial charge in [-0.2, -0.15) is 9.97 Å². The van der Waals surface area contributed by atoms with Crippen molar-refractivity contribution in [1.29, 1.82) is 0 Å². The summed E-state index contributed by atoms with van der Waals surface area (Å²) in [5.74, 6) is -0.674. The van der Waals surface area contributed by atoms with Crippen LogP contribution in [0.3, 0.4) is 0 Å². The normalized spacial score (nSPS) is 30.5. The molecule has 0 unspecified atom stereocenters. The van der Waals surface area contributed by atoms with Gasteiger partial charge in [0.05, 0.1) is 26.1 Å². The van der Waals surface area contributed by atoms with E-state index < -0.39 is 38.8 Å². The van der Waals surface area contributed by atoms with Crippen molar-refractivity contribution in [2.45, 2.75) is 45.3 Å². The summed E-state index contributed by atoms with van der Waals surface area (Å²) in [7, 11) is -2.50. The van der Waals surface area contributed by atoms with Crippen LogP contribution >= 0.6 is 7.82 Å². The molecule has 0 radical (unpaired) electrons. The Morgan fingerprint density at radius 1 is 1.42 bits per heavy atom. The highest BCUT2D eigenvalue weighted by Crippen LogP contribution is 2.57. The molecular formula is C17H24N5O8P. The predicted molar refractivity (Wildman–Crippen MR) is 105 cm³/mol. The van der Waals surface area contributed by atoms with Crippen molar-refractivity contribution in [2.24, 2.45) is 5.92 Å². The third kappa shape index (κ3) is 4.23. The second-order valence-electron chi connectivity index (χ2n) is 7.46. The van der Waals surface area contributed by atoms with Crippen LogP contribution in [-0.2, 0) is 32.4 Å². The van der Waals surface area contributed by atoms with E-state index in [1.165, 1.54) is 7.11 Å². The van der Waals surface area contributed by atoms with Crippen LogP contribution in [-0.4, -0.2) is 64.1 Å². The van der Waals surface area contributed by atoms with Gasteiger partial charge in [0.15, 0.2) is 17.8 Å². The molecule has 0 aliphatic carbocycles. The highest BCUT2D eigenvalue weighted by atomic mass is 31.2. The number of hydrogen-bond donors (Lipinski definition) is 1. The van der Waals surface area contributed by atoms with Crippen molar-refractivity contribution in [3.8, 4) is 5.88 Å². The minimum atomic E-state index is -3.96. The molecule has 0 amide bonds. The van der Waals surface area contributed by atoms with Gasteiger partial charge in [0.2, 0.25) is 11.8 Å². The molecule has 14 heteroatoms. The molecule has 0 bridgehead atoms. The number of esters is 1.